The molecule has 4 aromatic heterocycles. The number of rotatable bonds is 8. The number of pyridine rings is 3. The largest absolute Gasteiger partial charge is 0.496 e. The van der Waals surface area contributed by atoms with Gasteiger partial charge in [0.25, 0.3) is 11.5 Å². The van der Waals surface area contributed by atoms with Crippen molar-refractivity contribution in [2.24, 2.45) is 0 Å². The molecule has 9 nitrogen and oxygen atoms in total. The van der Waals surface area contributed by atoms with E-state index in [1.165, 1.54) is 12.0 Å². The average Bonchev–Trinajstić information content (AvgIpc) is 3.38. The molecule has 0 unspecified atom stereocenters. The predicted molar refractivity (Wildman–Crippen MR) is 162 cm³/mol. The molecule has 234 valence electrons. The Morgan fingerprint density at radius 1 is 1.16 bits per heavy atom. The summed E-state index contributed by atoms with van der Waals surface area (Å²) in [6.45, 7) is 6.08. The number of aryl methyl sites for hydroxylation is 1. The van der Waals surface area contributed by atoms with Gasteiger partial charge in [-0.1, -0.05) is 11.6 Å². The molecule has 1 fully saturated rings. The molecule has 0 radical (unpaired) electrons. The molecule has 1 atom stereocenters. The second kappa shape index (κ2) is 12.6. The van der Waals surface area contributed by atoms with Crippen LogP contribution in [0.15, 0.2) is 47.5 Å². The van der Waals surface area contributed by atoms with Crippen molar-refractivity contribution in [3.63, 3.8) is 0 Å². The highest BCUT2D eigenvalue weighted by molar-refractivity contribution is 6.29. The van der Waals surface area contributed by atoms with Gasteiger partial charge in [0, 0.05) is 67.1 Å². The van der Waals surface area contributed by atoms with Crippen molar-refractivity contribution >= 4 is 23.0 Å². The van der Waals surface area contributed by atoms with E-state index in [0.717, 1.165) is 27.9 Å². The van der Waals surface area contributed by atoms with E-state index >= 15 is 0 Å². The molecule has 1 saturated heterocycles. The Balaban J connectivity index is 1.53. The molecule has 4 aromatic rings. The Morgan fingerprint density at radius 2 is 1.89 bits per heavy atom. The van der Waals surface area contributed by atoms with E-state index in [1.54, 1.807) is 25.3 Å². The molecule has 0 saturated carbocycles. The van der Waals surface area contributed by atoms with E-state index in [2.05, 4.69) is 20.2 Å². The maximum Gasteiger partial charge on any atom is 0.401 e. The normalized spacial score (nSPS) is 15.5. The van der Waals surface area contributed by atoms with E-state index in [-0.39, 0.29) is 37.1 Å². The minimum absolute atomic E-state index is 0.0534. The molecular formula is C31H34ClF3N6O3. The van der Waals surface area contributed by atoms with Crippen LogP contribution in [0.4, 0.5) is 13.2 Å². The lowest BCUT2D eigenvalue weighted by atomic mass is 9.99. The molecule has 1 aliphatic rings. The first-order chi connectivity index (χ1) is 20.9. The number of amides is 1. The second-order valence-corrected chi connectivity index (χ2v) is 11.4. The highest BCUT2D eigenvalue weighted by Gasteiger charge is 2.34. The summed E-state index contributed by atoms with van der Waals surface area (Å²) in [6.07, 6.45) is -0.710. The van der Waals surface area contributed by atoms with Crippen molar-refractivity contribution in [2.75, 3.05) is 39.8 Å². The quantitative estimate of drug-likeness (QED) is 0.262. The molecule has 0 aliphatic carbocycles. The molecule has 0 bridgehead atoms. The number of ether oxygens (including phenoxy) is 1. The van der Waals surface area contributed by atoms with E-state index in [0.29, 0.717) is 40.8 Å². The maximum absolute atomic E-state index is 13.8. The molecule has 5 rings (SSSR count). The minimum atomic E-state index is -4.25. The number of nitrogens with one attached hydrogen (secondary N) is 2. The summed E-state index contributed by atoms with van der Waals surface area (Å²) in [5.41, 5.74) is 4.97. The van der Waals surface area contributed by atoms with Gasteiger partial charge in [0.15, 0.2) is 0 Å². The van der Waals surface area contributed by atoms with E-state index in [9.17, 15) is 22.8 Å². The Labute approximate surface area is 257 Å². The number of fused-ring (bicyclic) bond motifs is 1. The Kier molecular flexibility index (Phi) is 9.05. The Hall–Kier alpha value is -3.87. The van der Waals surface area contributed by atoms with Crippen LogP contribution in [0.3, 0.4) is 0 Å². The van der Waals surface area contributed by atoms with Crippen LogP contribution >= 0.6 is 11.6 Å². The van der Waals surface area contributed by atoms with E-state index in [1.807, 2.05) is 42.6 Å². The smallest absolute Gasteiger partial charge is 0.401 e. The number of carbonyl (C=O) groups is 1. The zero-order chi connectivity index (χ0) is 31.8. The van der Waals surface area contributed by atoms with Crippen LogP contribution in [0.5, 0.6) is 5.75 Å². The Morgan fingerprint density at radius 3 is 2.55 bits per heavy atom. The van der Waals surface area contributed by atoms with Gasteiger partial charge in [0.2, 0.25) is 0 Å². The molecule has 1 amide bonds. The molecule has 2 N–H and O–H groups in total. The standard InChI is InChI=1S/C31H34ClF3N6O3/c1-18-13-26(44-4)24(30(43)38-18)16-37-29(42)23-15-25-22(21-5-7-36-27(32)14-21)6-8-41(25)28(19(23)2)20(3)40-11-9-39(10-12-40)17-31(33,34)35/h5-8,13-15,20H,9-12,16-17H2,1-4H3,(H,37,42)(H,38,43)/t20-/m1/s1. The molecule has 44 heavy (non-hydrogen) atoms. The number of alkyl halides is 3. The lowest BCUT2D eigenvalue weighted by Gasteiger charge is -2.39. The molecule has 0 spiro atoms. The molecule has 13 heteroatoms. The SMILES string of the molecule is COc1cc(C)[nH]c(=O)c1CNC(=O)c1cc2c(-c3ccnc(Cl)c3)ccn2c([C@@H](C)N2CCN(CC(F)(F)F)CC2)c1C. The summed E-state index contributed by atoms with van der Waals surface area (Å²) in [5.74, 6) is -0.00321. The third-order valence-corrected chi connectivity index (χ3v) is 8.37. The van der Waals surface area contributed by atoms with Crippen molar-refractivity contribution in [3.8, 4) is 16.9 Å². The van der Waals surface area contributed by atoms with Gasteiger partial charge >= 0.3 is 6.18 Å². The van der Waals surface area contributed by atoms with E-state index in [4.69, 9.17) is 16.3 Å². The monoisotopic (exact) mass is 630 g/mol. The van der Waals surface area contributed by atoms with Crippen molar-refractivity contribution < 1.29 is 22.7 Å². The van der Waals surface area contributed by atoms with Gasteiger partial charge in [-0.3, -0.25) is 19.4 Å². The minimum Gasteiger partial charge on any atom is -0.496 e. The number of aromatic amines is 1. The number of piperazine rings is 1. The second-order valence-electron chi connectivity index (χ2n) is 11.0. The number of carbonyl (C=O) groups excluding carboxylic acids is 1. The summed E-state index contributed by atoms with van der Waals surface area (Å²) in [6, 6.07) is 8.80. The fraction of sp³-hybridized carbons (Fsp3) is 0.387. The van der Waals surface area contributed by atoms with Crippen LogP contribution in [0.25, 0.3) is 16.6 Å². The number of nitrogens with zero attached hydrogens (tertiary/aromatic N) is 4. The lowest BCUT2D eigenvalue weighted by molar-refractivity contribution is -0.149. The first-order valence-corrected chi connectivity index (χ1v) is 14.6. The van der Waals surface area contributed by atoms with Crippen molar-refractivity contribution in [2.45, 2.75) is 39.5 Å². The van der Waals surface area contributed by atoms with Crippen molar-refractivity contribution in [3.05, 3.63) is 86.3 Å². The molecule has 0 aromatic carbocycles. The van der Waals surface area contributed by atoms with Gasteiger partial charge in [0.05, 0.1) is 31.3 Å². The summed E-state index contributed by atoms with van der Waals surface area (Å²) in [4.78, 5) is 36.8. The highest BCUT2D eigenvalue weighted by atomic mass is 35.5. The Bertz CT molecular complexity index is 1740. The van der Waals surface area contributed by atoms with Crippen LogP contribution in [-0.4, -0.2) is 76.1 Å². The van der Waals surface area contributed by atoms with Crippen LogP contribution in [0.1, 0.15) is 45.8 Å². The van der Waals surface area contributed by atoms with Crippen molar-refractivity contribution in [1.29, 1.82) is 0 Å². The van der Waals surface area contributed by atoms with Crippen LogP contribution in [0.2, 0.25) is 5.15 Å². The van der Waals surface area contributed by atoms with Gasteiger partial charge in [-0.25, -0.2) is 4.98 Å². The van der Waals surface area contributed by atoms with Gasteiger partial charge in [-0.05, 0) is 62.2 Å². The average molecular weight is 631 g/mol. The summed E-state index contributed by atoms with van der Waals surface area (Å²) >= 11 is 6.20. The van der Waals surface area contributed by atoms with Gasteiger partial charge in [0.1, 0.15) is 10.9 Å². The third-order valence-electron chi connectivity index (χ3n) is 8.17. The van der Waals surface area contributed by atoms with Crippen LogP contribution in [0, 0.1) is 13.8 Å². The van der Waals surface area contributed by atoms with Gasteiger partial charge in [-0.15, -0.1) is 0 Å². The summed E-state index contributed by atoms with van der Waals surface area (Å²) in [5, 5.41) is 3.21. The molecular weight excluding hydrogens is 597 g/mol. The number of methoxy groups -OCH3 is 1. The summed E-state index contributed by atoms with van der Waals surface area (Å²) in [7, 11) is 1.47. The van der Waals surface area contributed by atoms with E-state index < -0.39 is 12.7 Å². The van der Waals surface area contributed by atoms with Gasteiger partial charge < -0.3 is 19.4 Å². The first-order valence-electron chi connectivity index (χ1n) is 14.2. The lowest BCUT2D eigenvalue weighted by Crippen LogP contribution is -2.49. The molecule has 1 aliphatic heterocycles. The highest BCUT2D eigenvalue weighted by Crippen LogP contribution is 2.34. The van der Waals surface area contributed by atoms with Gasteiger partial charge in [-0.2, -0.15) is 13.2 Å². The number of aromatic nitrogens is 3. The number of H-pyrrole nitrogens is 1. The fourth-order valence-electron chi connectivity index (χ4n) is 5.96. The number of hydrogen-bond donors (Lipinski definition) is 2. The third kappa shape index (κ3) is 6.62. The fourth-order valence-corrected chi connectivity index (χ4v) is 6.14. The maximum atomic E-state index is 13.8. The van der Waals surface area contributed by atoms with Crippen LogP contribution < -0.4 is 15.6 Å². The molecule has 5 heterocycles. The van der Waals surface area contributed by atoms with Crippen LogP contribution in [-0.2, 0) is 6.54 Å². The number of hydrogen-bond acceptors (Lipinski definition) is 6. The summed E-state index contributed by atoms with van der Waals surface area (Å²) < 4.78 is 46.4. The first kappa shape index (κ1) is 31.6. The zero-order valence-electron chi connectivity index (χ0n) is 24.9. The predicted octanol–water partition coefficient (Wildman–Crippen LogP) is 5.14. The zero-order valence-corrected chi connectivity index (χ0v) is 25.6. The number of halogens is 4. The topological polar surface area (TPSA) is 95.0 Å². The van der Waals surface area contributed by atoms with Crippen molar-refractivity contribution in [1.82, 2.24) is 29.5 Å².